The van der Waals surface area contributed by atoms with Gasteiger partial charge in [0.1, 0.15) is 0 Å². The van der Waals surface area contributed by atoms with E-state index in [4.69, 9.17) is 14.2 Å². The van der Waals surface area contributed by atoms with Crippen molar-refractivity contribution in [3.8, 4) is 17.2 Å². The molecule has 1 fully saturated rings. The standard InChI is InChI=1S/C22H30N4O3/c1-23-22(25-17-12-13-26(15-17)18-8-6-5-7-9-18)24-14-16-10-11-19(27-2)21(29-4)20(16)28-3/h5-11,17H,12-15H2,1-4H3,(H2,23,24,25). The van der Waals surface area contributed by atoms with E-state index in [0.717, 1.165) is 31.0 Å². The molecule has 1 aliphatic heterocycles. The molecule has 1 unspecified atom stereocenters. The molecular weight excluding hydrogens is 368 g/mol. The first-order chi connectivity index (χ1) is 14.2. The van der Waals surface area contributed by atoms with Crippen molar-refractivity contribution in [2.45, 2.75) is 19.0 Å². The van der Waals surface area contributed by atoms with Gasteiger partial charge in [-0.15, -0.1) is 0 Å². The van der Waals surface area contributed by atoms with Crippen molar-refractivity contribution in [3.63, 3.8) is 0 Å². The Morgan fingerprint density at radius 3 is 2.45 bits per heavy atom. The zero-order chi connectivity index (χ0) is 20.6. The number of nitrogens with one attached hydrogen (secondary N) is 2. The number of benzene rings is 2. The maximum Gasteiger partial charge on any atom is 0.203 e. The Morgan fingerprint density at radius 1 is 1.03 bits per heavy atom. The largest absolute Gasteiger partial charge is 0.493 e. The van der Waals surface area contributed by atoms with Crippen molar-refractivity contribution in [3.05, 3.63) is 48.0 Å². The highest BCUT2D eigenvalue weighted by atomic mass is 16.5. The van der Waals surface area contributed by atoms with Crippen LogP contribution in [0.1, 0.15) is 12.0 Å². The second kappa shape index (κ2) is 9.91. The SMILES string of the molecule is CN=C(NCc1ccc(OC)c(OC)c1OC)NC1CCN(c2ccccc2)C1. The van der Waals surface area contributed by atoms with E-state index in [1.54, 1.807) is 28.4 Å². The van der Waals surface area contributed by atoms with Gasteiger partial charge in [-0.25, -0.2) is 0 Å². The van der Waals surface area contributed by atoms with Crippen LogP contribution in [-0.4, -0.2) is 53.5 Å². The third kappa shape index (κ3) is 4.85. The van der Waals surface area contributed by atoms with E-state index in [0.29, 0.717) is 29.8 Å². The Labute approximate surface area is 172 Å². The number of anilines is 1. The van der Waals surface area contributed by atoms with Crippen LogP contribution >= 0.6 is 0 Å². The molecule has 7 heteroatoms. The molecule has 0 aliphatic carbocycles. The lowest BCUT2D eigenvalue weighted by Crippen LogP contribution is -2.44. The predicted molar refractivity (Wildman–Crippen MR) is 116 cm³/mol. The molecule has 2 aromatic carbocycles. The van der Waals surface area contributed by atoms with E-state index < -0.39 is 0 Å². The topological polar surface area (TPSA) is 67.4 Å². The highest BCUT2D eigenvalue weighted by molar-refractivity contribution is 5.80. The molecule has 156 valence electrons. The third-order valence-corrected chi connectivity index (χ3v) is 5.11. The van der Waals surface area contributed by atoms with Crippen LogP contribution in [0.2, 0.25) is 0 Å². The summed E-state index contributed by atoms with van der Waals surface area (Å²) in [7, 11) is 6.63. The number of guanidine groups is 1. The van der Waals surface area contributed by atoms with Crippen LogP contribution < -0.4 is 29.7 Å². The Balaban J connectivity index is 1.60. The minimum absolute atomic E-state index is 0.341. The summed E-state index contributed by atoms with van der Waals surface area (Å²) in [5, 5.41) is 6.90. The average molecular weight is 399 g/mol. The van der Waals surface area contributed by atoms with Gasteiger partial charge in [0.05, 0.1) is 21.3 Å². The summed E-state index contributed by atoms with van der Waals surface area (Å²) in [4.78, 5) is 6.77. The van der Waals surface area contributed by atoms with E-state index >= 15 is 0 Å². The van der Waals surface area contributed by atoms with Crippen LogP contribution in [0.15, 0.2) is 47.5 Å². The van der Waals surface area contributed by atoms with Crippen LogP contribution in [0.4, 0.5) is 5.69 Å². The van der Waals surface area contributed by atoms with Gasteiger partial charge < -0.3 is 29.7 Å². The Hall–Kier alpha value is -3.09. The van der Waals surface area contributed by atoms with Gasteiger partial charge in [0.25, 0.3) is 0 Å². The Morgan fingerprint density at radius 2 is 1.79 bits per heavy atom. The molecule has 0 aromatic heterocycles. The fourth-order valence-electron chi connectivity index (χ4n) is 3.62. The van der Waals surface area contributed by atoms with Crippen molar-refractivity contribution in [1.82, 2.24) is 10.6 Å². The lowest BCUT2D eigenvalue weighted by atomic mass is 10.1. The molecule has 0 radical (unpaired) electrons. The number of nitrogens with zero attached hydrogens (tertiary/aromatic N) is 2. The second-order valence-corrected chi connectivity index (χ2v) is 6.83. The smallest absolute Gasteiger partial charge is 0.203 e. The fourth-order valence-corrected chi connectivity index (χ4v) is 3.62. The minimum Gasteiger partial charge on any atom is -0.493 e. The number of hydrogen-bond acceptors (Lipinski definition) is 5. The molecular formula is C22H30N4O3. The summed E-state index contributed by atoms with van der Waals surface area (Å²) >= 11 is 0. The number of hydrogen-bond donors (Lipinski definition) is 2. The van der Waals surface area contributed by atoms with E-state index in [1.807, 2.05) is 18.2 Å². The lowest BCUT2D eigenvalue weighted by Gasteiger charge is -2.21. The van der Waals surface area contributed by atoms with Gasteiger partial charge >= 0.3 is 0 Å². The molecule has 0 saturated carbocycles. The van der Waals surface area contributed by atoms with Crippen LogP contribution in [0, 0.1) is 0 Å². The molecule has 3 rings (SSSR count). The van der Waals surface area contributed by atoms with Crippen LogP contribution in [0.25, 0.3) is 0 Å². The summed E-state index contributed by atoms with van der Waals surface area (Å²) < 4.78 is 16.4. The maximum absolute atomic E-state index is 5.56. The second-order valence-electron chi connectivity index (χ2n) is 6.83. The first kappa shape index (κ1) is 20.6. The molecule has 2 aromatic rings. The summed E-state index contributed by atoms with van der Waals surface area (Å²) in [6.45, 7) is 2.53. The van der Waals surface area contributed by atoms with Gasteiger partial charge in [-0.2, -0.15) is 0 Å². The molecule has 0 amide bonds. The Bertz CT molecular complexity index is 826. The molecule has 1 heterocycles. The van der Waals surface area contributed by atoms with Crippen molar-refractivity contribution in [1.29, 1.82) is 0 Å². The Kier molecular flexibility index (Phi) is 7.05. The number of methoxy groups -OCH3 is 3. The average Bonchev–Trinajstić information content (AvgIpc) is 3.24. The lowest BCUT2D eigenvalue weighted by molar-refractivity contribution is 0.322. The predicted octanol–water partition coefficient (Wildman–Crippen LogP) is 2.66. The van der Waals surface area contributed by atoms with Gasteiger partial charge in [-0.1, -0.05) is 18.2 Å². The number of para-hydroxylation sites is 1. The molecule has 0 spiro atoms. The first-order valence-electron chi connectivity index (χ1n) is 9.75. The number of ether oxygens (including phenoxy) is 3. The molecule has 1 atom stereocenters. The van der Waals surface area contributed by atoms with Crippen molar-refractivity contribution >= 4 is 11.6 Å². The van der Waals surface area contributed by atoms with E-state index in [1.165, 1.54) is 5.69 Å². The minimum atomic E-state index is 0.341. The number of rotatable bonds is 7. The van der Waals surface area contributed by atoms with Crippen LogP contribution in [0.5, 0.6) is 17.2 Å². The van der Waals surface area contributed by atoms with Crippen molar-refractivity contribution in [2.24, 2.45) is 4.99 Å². The van der Waals surface area contributed by atoms with Gasteiger partial charge in [0.2, 0.25) is 5.75 Å². The monoisotopic (exact) mass is 398 g/mol. The highest BCUT2D eigenvalue weighted by Crippen LogP contribution is 2.39. The molecule has 7 nitrogen and oxygen atoms in total. The van der Waals surface area contributed by atoms with E-state index in [9.17, 15) is 0 Å². The molecule has 1 aliphatic rings. The third-order valence-electron chi connectivity index (χ3n) is 5.11. The van der Waals surface area contributed by atoms with Gasteiger partial charge in [-0.05, 0) is 30.7 Å². The molecule has 0 bridgehead atoms. The van der Waals surface area contributed by atoms with Gasteiger partial charge in [0.15, 0.2) is 17.5 Å². The maximum atomic E-state index is 5.56. The quantitative estimate of drug-likeness (QED) is 0.552. The van der Waals surface area contributed by atoms with Crippen molar-refractivity contribution < 1.29 is 14.2 Å². The molecule has 2 N–H and O–H groups in total. The van der Waals surface area contributed by atoms with Crippen LogP contribution in [0.3, 0.4) is 0 Å². The zero-order valence-corrected chi connectivity index (χ0v) is 17.6. The summed E-state index contributed by atoms with van der Waals surface area (Å²) in [5.41, 5.74) is 2.22. The highest BCUT2D eigenvalue weighted by Gasteiger charge is 2.23. The zero-order valence-electron chi connectivity index (χ0n) is 17.6. The van der Waals surface area contributed by atoms with E-state index in [-0.39, 0.29) is 0 Å². The summed E-state index contributed by atoms with van der Waals surface area (Å²) in [6.07, 6.45) is 1.06. The van der Waals surface area contributed by atoms with Crippen LogP contribution in [-0.2, 0) is 6.54 Å². The summed E-state index contributed by atoms with van der Waals surface area (Å²) in [6, 6.07) is 14.7. The van der Waals surface area contributed by atoms with Gasteiger partial charge in [0, 0.05) is 44.0 Å². The fraction of sp³-hybridized carbons (Fsp3) is 0.409. The number of aliphatic imine (C=N–C) groups is 1. The molecule has 29 heavy (non-hydrogen) atoms. The van der Waals surface area contributed by atoms with E-state index in [2.05, 4.69) is 44.8 Å². The molecule has 1 saturated heterocycles. The van der Waals surface area contributed by atoms with Crippen molar-refractivity contribution in [2.75, 3.05) is 46.4 Å². The van der Waals surface area contributed by atoms with Gasteiger partial charge in [-0.3, -0.25) is 4.99 Å². The first-order valence-corrected chi connectivity index (χ1v) is 9.75. The normalized spacial score (nSPS) is 16.5. The summed E-state index contributed by atoms with van der Waals surface area (Å²) in [5.74, 6) is 2.65.